The molecule has 2 aromatic rings. The lowest BCUT2D eigenvalue weighted by atomic mass is 10.2. The number of morpholine rings is 1. The Balaban J connectivity index is 1.72. The number of aromatic nitrogens is 2. The van der Waals surface area contributed by atoms with Gasteiger partial charge in [0.1, 0.15) is 0 Å². The first-order valence-corrected chi connectivity index (χ1v) is 8.30. The van der Waals surface area contributed by atoms with E-state index in [2.05, 4.69) is 10.4 Å². The maximum atomic E-state index is 12.4. The lowest BCUT2D eigenvalue weighted by molar-refractivity contribution is 0.0189. The summed E-state index contributed by atoms with van der Waals surface area (Å²) >= 11 is 0. The van der Waals surface area contributed by atoms with Gasteiger partial charge in [0.25, 0.3) is 0 Å². The van der Waals surface area contributed by atoms with Crippen molar-refractivity contribution in [2.24, 2.45) is 0 Å². The van der Waals surface area contributed by atoms with Crippen molar-refractivity contribution in [2.75, 3.05) is 19.8 Å². The molecule has 1 aliphatic heterocycles. The summed E-state index contributed by atoms with van der Waals surface area (Å²) in [5.74, 6) is 0. The fraction of sp³-hybridized carbons (Fsp3) is 0.444. The molecule has 1 saturated heterocycles. The maximum absolute atomic E-state index is 12.4. The van der Waals surface area contributed by atoms with E-state index >= 15 is 0 Å². The van der Waals surface area contributed by atoms with Gasteiger partial charge in [-0.15, -0.1) is 0 Å². The van der Waals surface area contributed by atoms with Gasteiger partial charge in [-0.3, -0.25) is 0 Å². The molecule has 1 atom stereocenters. The van der Waals surface area contributed by atoms with Crippen molar-refractivity contribution in [1.82, 2.24) is 20.0 Å². The summed E-state index contributed by atoms with van der Waals surface area (Å²) in [7, 11) is 0. The quantitative estimate of drug-likeness (QED) is 0.941. The highest BCUT2D eigenvalue weighted by Gasteiger charge is 2.24. The van der Waals surface area contributed by atoms with Crippen LogP contribution in [-0.2, 0) is 11.3 Å². The molecular formula is C18H24N4O2. The number of hydrogen-bond donors (Lipinski definition) is 1. The molecule has 0 spiro atoms. The second-order valence-corrected chi connectivity index (χ2v) is 6.17. The van der Waals surface area contributed by atoms with Crippen molar-refractivity contribution >= 4 is 6.03 Å². The Hall–Kier alpha value is -2.34. The molecule has 24 heavy (non-hydrogen) atoms. The van der Waals surface area contributed by atoms with E-state index in [1.54, 1.807) is 0 Å². The highest BCUT2D eigenvalue weighted by Crippen LogP contribution is 2.18. The molecule has 1 aliphatic rings. The first-order chi connectivity index (χ1) is 11.6. The minimum atomic E-state index is -0.0444. The Morgan fingerprint density at radius 1 is 1.33 bits per heavy atom. The topological polar surface area (TPSA) is 59.4 Å². The number of rotatable bonds is 3. The van der Waals surface area contributed by atoms with Gasteiger partial charge in [0.2, 0.25) is 0 Å². The number of ether oxygens (including phenoxy) is 1. The van der Waals surface area contributed by atoms with E-state index < -0.39 is 0 Å². The summed E-state index contributed by atoms with van der Waals surface area (Å²) in [6, 6.07) is 10.1. The first-order valence-electron chi connectivity index (χ1n) is 8.30. The number of nitrogens with one attached hydrogen (secondary N) is 1. The zero-order valence-corrected chi connectivity index (χ0v) is 14.5. The molecule has 2 heterocycles. The first kappa shape index (κ1) is 16.5. The average molecular weight is 328 g/mol. The van der Waals surface area contributed by atoms with Crippen molar-refractivity contribution in [1.29, 1.82) is 0 Å². The number of benzene rings is 1. The molecule has 3 rings (SSSR count). The van der Waals surface area contributed by atoms with Crippen LogP contribution in [0.15, 0.2) is 30.3 Å². The van der Waals surface area contributed by atoms with Crippen molar-refractivity contribution in [2.45, 2.75) is 33.4 Å². The molecule has 0 radical (unpaired) electrons. The maximum Gasteiger partial charge on any atom is 0.318 e. The molecule has 1 N–H and O–H groups in total. The molecule has 1 fully saturated rings. The van der Waals surface area contributed by atoms with Crippen molar-refractivity contribution in [3.05, 3.63) is 47.3 Å². The van der Waals surface area contributed by atoms with Gasteiger partial charge in [-0.2, -0.15) is 5.10 Å². The molecule has 128 valence electrons. The highest BCUT2D eigenvalue weighted by atomic mass is 16.5. The molecule has 2 amide bonds. The Morgan fingerprint density at radius 3 is 2.79 bits per heavy atom. The van der Waals surface area contributed by atoms with Crippen LogP contribution in [0, 0.1) is 13.8 Å². The van der Waals surface area contributed by atoms with Crippen LogP contribution in [0.2, 0.25) is 0 Å². The standard InChI is InChI=1S/C18H24N4O2/c1-13-12-24-10-9-21(13)18(23)19-11-17-14(2)20-22(15(17)3)16-7-5-4-6-8-16/h4-8,13H,9-12H2,1-3H3,(H,19,23)/t13-/m1/s1. The van der Waals surface area contributed by atoms with Crippen LogP contribution in [0.5, 0.6) is 0 Å². The van der Waals surface area contributed by atoms with Gasteiger partial charge in [0.05, 0.1) is 30.6 Å². The van der Waals surface area contributed by atoms with Crippen LogP contribution < -0.4 is 5.32 Å². The molecule has 0 saturated carbocycles. The predicted octanol–water partition coefficient (Wildman–Crippen LogP) is 2.42. The molecule has 6 heteroatoms. The normalized spacial score (nSPS) is 17.8. The average Bonchev–Trinajstić information content (AvgIpc) is 2.88. The summed E-state index contributed by atoms with van der Waals surface area (Å²) in [5.41, 5.74) is 4.08. The largest absolute Gasteiger partial charge is 0.377 e. The van der Waals surface area contributed by atoms with Crippen LogP contribution in [0.4, 0.5) is 4.79 Å². The summed E-state index contributed by atoms with van der Waals surface area (Å²) in [4.78, 5) is 14.2. The number of para-hydroxylation sites is 1. The summed E-state index contributed by atoms with van der Waals surface area (Å²) in [6.07, 6.45) is 0. The van der Waals surface area contributed by atoms with Gasteiger partial charge in [-0.05, 0) is 32.9 Å². The molecule has 0 unspecified atom stereocenters. The summed E-state index contributed by atoms with van der Waals surface area (Å²) in [5, 5.41) is 7.64. The van der Waals surface area contributed by atoms with Crippen LogP contribution in [0.1, 0.15) is 23.9 Å². The van der Waals surface area contributed by atoms with Crippen LogP contribution in [-0.4, -0.2) is 46.5 Å². The number of carbonyl (C=O) groups excluding carboxylic acids is 1. The zero-order valence-electron chi connectivity index (χ0n) is 14.5. The lowest BCUT2D eigenvalue weighted by Crippen LogP contribution is -2.51. The van der Waals surface area contributed by atoms with E-state index in [1.165, 1.54) is 0 Å². The molecule has 6 nitrogen and oxygen atoms in total. The van der Waals surface area contributed by atoms with E-state index in [-0.39, 0.29) is 12.1 Å². The monoisotopic (exact) mass is 328 g/mol. The van der Waals surface area contributed by atoms with E-state index in [0.717, 1.165) is 22.6 Å². The van der Waals surface area contributed by atoms with Crippen molar-refractivity contribution in [3.63, 3.8) is 0 Å². The van der Waals surface area contributed by atoms with Gasteiger partial charge in [0.15, 0.2) is 0 Å². The van der Waals surface area contributed by atoms with Gasteiger partial charge in [0, 0.05) is 24.3 Å². The molecular weight excluding hydrogens is 304 g/mol. The number of nitrogens with zero attached hydrogens (tertiary/aromatic N) is 3. The van der Waals surface area contributed by atoms with E-state index in [1.807, 2.05) is 60.7 Å². The van der Waals surface area contributed by atoms with Crippen LogP contribution >= 0.6 is 0 Å². The van der Waals surface area contributed by atoms with E-state index in [0.29, 0.717) is 26.3 Å². The Kier molecular flexibility index (Phi) is 4.85. The SMILES string of the molecule is Cc1nn(-c2ccccc2)c(C)c1CNC(=O)N1CCOC[C@H]1C. The van der Waals surface area contributed by atoms with Crippen molar-refractivity contribution < 1.29 is 9.53 Å². The van der Waals surface area contributed by atoms with Gasteiger partial charge in [-0.25, -0.2) is 9.48 Å². The summed E-state index contributed by atoms with van der Waals surface area (Å²) < 4.78 is 7.31. The second kappa shape index (κ2) is 7.05. The Labute approximate surface area is 142 Å². The Morgan fingerprint density at radius 2 is 2.08 bits per heavy atom. The number of urea groups is 1. The van der Waals surface area contributed by atoms with Crippen LogP contribution in [0.25, 0.3) is 5.69 Å². The zero-order chi connectivity index (χ0) is 17.1. The fourth-order valence-electron chi connectivity index (χ4n) is 3.05. The minimum absolute atomic E-state index is 0.0444. The van der Waals surface area contributed by atoms with Gasteiger partial charge in [-0.1, -0.05) is 18.2 Å². The van der Waals surface area contributed by atoms with Gasteiger partial charge >= 0.3 is 6.03 Å². The minimum Gasteiger partial charge on any atom is -0.377 e. The second-order valence-electron chi connectivity index (χ2n) is 6.17. The number of hydrogen-bond acceptors (Lipinski definition) is 3. The van der Waals surface area contributed by atoms with E-state index in [4.69, 9.17) is 4.74 Å². The smallest absolute Gasteiger partial charge is 0.318 e. The highest BCUT2D eigenvalue weighted by molar-refractivity contribution is 5.74. The third kappa shape index (κ3) is 3.28. The number of aryl methyl sites for hydroxylation is 1. The number of amides is 2. The molecule has 1 aromatic carbocycles. The predicted molar refractivity (Wildman–Crippen MR) is 92.3 cm³/mol. The molecule has 1 aromatic heterocycles. The third-order valence-corrected chi connectivity index (χ3v) is 4.49. The molecule has 0 bridgehead atoms. The third-order valence-electron chi connectivity index (χ3n) is 4.49. The lowest BCUT2D eigenvalue weighted by Gasteiger charge is -2.33. The molecule has 0 aliphatic carbocycles. The van der Waals surface area contributed by atoms with E-state index in [9.17, 15) is 4.79 Å². The summed E-state index contributed by atoms with van der Waals surface area (Å²) in [6.45, 7) is 8.32. The Bertz CT molecular complexity index is 711. The number of carbonyl (C=O) groups is 1. The van der Waals surface area contributed by atoms with Crippen LogP contribution in [0.3, 0.4) is 0 Å². The van der Waals surface area contributed by atoms with Crippen molar-refractivity contribution in [3.8, 4) is 5.69 Å². The van der Waals surface area contributed by atoms with Gasteiger partial charge < -0.3 is 15.0 Å². The fourth-order valence-corrected chi connectivity index (χ4v) is 3.05.